The zero-order chi connectivity index (χ0) is 9.19. The quantitative estimate of drug-likeness (QED) is 0.424. The molecule has 1 rings (SSSR count). The Morgan fingerprint density at radius 2 is 2.08 bits per heavy atom. The average Bonchev–Trinajstić information content (AvgIpc) is 2.84. The molecular formula is C8H11BrO3. The minimum atomic E-state index is -0.500. The van der Waals surface area contributed by atoms with Gasteiger partial charge in [-0.1, -0.05) is 22.9 Å². The first-order valence-electron chi connectivity index (χ1n) is 3.96. The third-order valence-electron chi connectivity index (χ3n) is 2.28. The fraction of sp³-hybridized carbons (Fsp3) is 0.750. The van der Waals surface area contributed by atoms with Crippen molar-refractivity contribution < 1.29 is 14.3 Å². The lowest BCUT2D eigenvalue weighted by atomic mass is 10.1. The van der Waals surface area contributed by atoms with Gasteiger partial charge in [-0.25, -0.2) is 0 Å². The molecule has 1 saturated carbocycles. The van der Waals surface area contributed by atoms with E-state index < -0.39 is 5.97 Å². The molecule has 1 aliphatic rings. The molecule has 1 aliphatic carbocycles. The topological polar surface area (TPSA) is 43.4 Å². The van der Waals surface area contributed by atoms with E-state index >= 15 is 0 Å². The highest BCUT2D eigenvalue weighted by atomic mass is 79.9. The maximum atomic E-state index is 11.3. The smallest absolute Gasteiger partial charge is 0.324 e. The first kappa shape index (κ1) is 9.71. The van der Waals surface area contributed by atoms with E-state index in [-0.39, 0.29) is 16.7 Å². The van der Waals surface area contributed by atoms with Gasteiger partial charge in [0, 0.05) is 0 Å². The summed E-state index contributed by atoms with van der Waals surface area (Å²) in [6.45, 7) is 1.94. The molecule has 1 fully saturated rings. The lowest BCUT2D eigenvalue weighted by Crippen LogP contribution is -2.22. The fourth-order valence-corrected chi connectivity index (χ4v) is 1.21. The molecule has 0 N–H and O–H groups in total. The summed E-state index contributed by atoms with van der Waals surface area (Å²) >= 11 is 2.93. The van der Waals surface area contributed by atoms with Crippen molar-refractivity contribution >= 4 is 27.9 Å². The summed E-state index contributed by atoms with van der Waals surface area (Å²) in [4.78, 5) is 22.0. The second-order valence-electron chi connectivity index (χ2n) is 3.03. The van der Waals surface area contributed by atoms with Crippen LogP contribution in [0.2, 0.25) is 0 Å². The van der Waals surface area contributed by atoms with Crippen LogP contribution in [0.3, 0.4) is 0 Å². The molecule has 0 bridgehead atoms. The zero-order valence-corrected chi connectivity index (χ0v) is 8.52. The fourth-order valence-electron chi connectivity index (χ4n) is 1.09. The monoisotopic (exact) mass is 234 g/mol. The molecule has 68 valence electrons. The van der Waals surface area contributed by atoms with Crippen LogP contribution in [0.5, 0.6) is 0 Å². The summed E-state index contributed by atoms with van der Waals surface area (Å²) in [5.41, 5.74) is -0.322. The Hall–Kier alpha value is -0.380. The Labute approximate surface area is 79.6 Å². The van der Waals surface area contributed by atoms with Crippen molar-refractivity contribution in [3.63, 3.8) is 0 Å². The average molecular weight is 235 g/mol. The van der Waals surface area contributed by atoms with Crippen molar-refractivity contribution in [3.8, 4) is 0 Å². The van der Waals surface area contributed by atoms with Crippen LogP contribution in [0.1, 0.15) is 26.2 Å². The molecule has 0 atom stereocenters. The Morgan fingerprint density at radius 3 is 2.42 bits per heavy atom. The van der Waals surface area contributed by atoms with Gasteiger partial charge in [0.05, 0.1) is 5.41 Å². The summed E-state index contributed by atoms with van der Waals surface area (Å²) in [6.07, 6.45) is 2.48. The van der Waals surface area contributed by atoms with Gasteiger partial charge >= 0.3 is 11.9 Å². The molecule has 0 aromatic rings. The van der Waals surface area contributed by atoms with Crippen molar-refractivity contribution in [2.45, 2.75) is 26.2 Å². The van der Waals surface area contributed by atoms with Crippen molar-refractivity contribution in [3.05, 3.63) is 0 Å². The molecule has 12 heavy (non-hydrogen) atoms. The van der Waals surface area contributed by atoms with E-state index in [9.17, 15) is 9.59 Å². The van der Waals surface area contributed by atoms with E-state index in [0.29, 0.717) is 0 Å². The minimum Gasteiger partial charge on any atom is -0.392 e. The van der Waals surface area contributed by atoms with Crippen LogP contribution in [0.15, 0.2) is 0 Å². The van der Waals surface area contributed by atoms with Gasteiger partial charge < -0.3 is 4.74 Å². The highest BCUT2D eigenvalue weighted by Gasteiger charge is 2.50. The first-order chi connectivity index (χ1) is 5.64. The number of rotatable bonds is 3. The van der Waals surface area contributed by atoms with Gasteiger partial charge in [-0.3, -0.25) is 9.59 Å². The maximum absolute atomic E-state index is 11.3. The van der Waals surface area contributed by atoms with E-state index in [2.05, 4.69) is 20.7 Å². The van der Waals surface area contributed by atoms with Crippen molar-refractivity contribution in [1.29, 1.82) is 0 Å². The molecule has 0 amide bonds. The summed E-state index contributed by atoms with van der Waals surface area (Å²) in [7, 11) is 0. The standard InChI is InChI=1S/C8H11BrO3/c1-2-8(3-4-8)7(11)12-6(10)5-9/h2-5H2,1H3. The number of carbonyl (C=O) groups excluding carboxylic acids is 2. The maximum Gasteiger partial charge on any atom is 0.324 e. The highest BCUT2D eigenvalue weighted by molar-refractivity contribution is 9.09. The Bertz CT molecular complexity index is 208. The van der Waals surface area contributed by atoms with Gasteiger partial charge in [-0.2, -0.15) is 0 Å². The predicted octanol–water partition coefficient (Wildman–Crippen LogP) is 1.64. The van der Waals surface area contributed by atoms with Gasteiger partial charge in [-0.05, 0) is 19.3 Å². The largest absolute Gasteiger partial charge is 0.392 e. The molecule has 0 heterocycles. The van der Waals surface area contributed by atoms with Gasteiger partial charge in [-0.15, -0.1) is 0 Å². The third-order valence-corrected chi connectivity index (χ3v) is 2.74. The SMILES string of the molecule is CCC1(C(=O)OC(=O)CBr)CC1. The molecule has 0 aromatic carbocycles. The second-order valence-corrected chi connectivity index (χ2v) is 3.59. The number of alkyl halides is 1. The Morgan fingerprint density at radius 1 is 1.50 bits per heavy atom. The number of hydrogen-bond acceptors (Lipinski definition) is 3. The lowest BCUT2D eigenvalue weighted by molar-refractivity contribution is -0.162. The zero-order valence-electron chi connectivity index (χ0n) is 6.93. The molecule has 0 aliphatic heterocycles. The Kier molecular flexibility index (Phi) is 2.88. The van der Waals surface area contributed by atoms with Crippen LogP contribution in [-0.4, -0.2) is 17.3 Å². The van der Waals surface area contributed by atoms with Crippen molar-refractivity contribution in [2.24, 2.45) is 5.41 Å². The van der Waals surface area contributed by atoms with Crippen LogP contribution in [-0.2, 0) is 14.3 Å². The molecule has 0 unspecified atom stereocenters. The van der Waals surface area contributed by atoms with Gasteiger partial charge in [0.25, 0.3) is 0 Å². The lowest BCUT2D eigenvalue weighted by Gasteiger charge is -2.08. The van der Waals surface area contributed by atoms with Crippen LogP contribution >= 0.6 is 15.9 Å². The summed E-state index contributed by atoms with van der Waals surface area (Å²) in [5, 5.41) is 0.0819. The van der Waals surface area contributed by atoms with Gasteiger partial charge in [0.2, 0.25) is 0 Å². The van der Waals surface area contributed by atoms with Crippen LogP contribution in [0.4, 0.5) is 0 Å². The summed E-state index contributed by atoms with van der Waals surface area (Å²) in [5.74, 6) is -0.853. The number of halogens is 1. The summed E-state index contributed by atoms with van der Waals surface area (Å²) in [6, 6.07) is 0. The van der Waals surface area contributed by atoms with Crippen molar-refractivity contribution in [1.82, 2.24) is 0 Å². The number of ether oxygens (including phenoxy) is 1. The minimum absolute atomic E-state index is 0.0819. The number of hydrogen-bond donors (Lipinski definition) is 0. The van der Waals surface area contributed by atoms with Crippen molar-refractivity contribution in [2.75, 3.05) is 5.33 Å². The Balaban J connectivity index is 2.43. The highest BCUT2D eigenvalue weighted by Crippen LogP contribution is 2.49. The van der Waals surface area contributed by atoms with E-state index in [4.69, 9.17) is 0 Å². The van der Waals surface area contributed by atoms with E-state index in [0.717, 1.165) is 19.3 Å². The van der Waals surface area contributed by atoms with E-state index in [1.165, 1.54) is 0 Å². The van der Waals surface area contributed by atoms with Crippen LogP contribution < -0.4 is 0 Å². The molecule has 0 aromatic heterocycles. The second kappa shape index (κ2) is 3.56. The van der Waals surface area contributed by atoms with Gasteiger partial charge in [0.1, 0.15) is 5.33 Å². The third kappa shape index (κ3) is 1.86. The van der Waals surface area contributed by atoms with E-state index in [1.54, 1.807) is 0 Å². The number of esters is 2. The molecule has 0 radical (unpaired) electrons. The van der Waals surface area contributed by atoms with Crippen LogP contribution in [0, 0.1) is 5.41 Å². The molecule has 0 spiro atoms. The first-order valence-corrected chi connectivity index (χ1v) is 5.08. The summed E-state index contributed by atoms with van der Waals surface area (Å²) < 4.78 is 4.59. The predicted molar refractivity (Wildman–Crippen MR) is 46.9 cm³/mol. The van der Waals surface area contributed by atoms with Gasteiger partial charge in [0.15, 0.2) is 0 Å². The van der Waals surface area contributed by atoms with Crippen LogP contribution in [0.25, 0.3) is 0 Å². The molecule has 4 heteroatoms. The normalized spacial score (nSPS) is 18.5. The van der Waals surface area contributed by atoms with E-state index in [1.807, 2.05) is 6.92 Å². The molecule has 3 nitrogen and oxygen atoms in total. The number of carbonyl (C=O) groups is 2. The molecular weight excluding hydrogens is 224 g/mol. The molecule has 0 saturated heterocycles.